The van der Waals surface area contributed by atoms with Gasteiger partial charge in [0.25, 0.3) is 5.91 Å². The topological polar surface area (TPSA) is 56.1 Å². The van der Waals surface area contributed by atoms with Gasteiger partial charge >= 0.3 is 0 Å². The van der Waals surface area contributed by atoms with Crippen molar-refractivity contribution in [1.82, 2.24) is 9.55 Å². The maximum absolute atomic E-state index is 12.4. The largest absolute Gasteiger partial charge is 0.494 e. The first-order valence-electron chi connectivity index (χ1n) is 8.57. The monoisotopic (exact) mass is 365 g/mol. The number of carbonyl (C=O) groups excluding carboxylic acids is 1. The molecule has 5 nitrogen and oxygen atoms in total. The lowest BCUT2D eigenvalue weighted by Crippen LogP contribution is -2.11. The molecule has 0 unspecified atom stereocenters. The van der Waals surface area contributed by atoms with Crippen LogP contribution in [0.4, 0.5) is 5.69 Å². The van der Waals surface area contributed by atoms with Gasteiger partial charge in [-0.1, -0.05) is 23.9 Å². The van der Waals surface area contributed by atoms with E-state index in [2.05, 4.69) is 21.1 Å². The Morgan fingerprint density at radius 1 is 1.19 bits per heavy atom. The van der Waals surface area contributed by atoms with Crippen molar-refractivity contribution in [3.05, 3.63) is 60.3 Å². The molecule has 0 fully saturated rings. The van der Waals surface area contributed by atoms with E-state index in [0.29, 0.717) is 12.2 Å². The van der Waals surface area contributed by atoms with Gasteiger partial charge < -0.3 is 14.6 Å². The molecule has 0 saturated heterocycles. The van der Waals surface area contributed by atoms with Crippen molar-refractivity contribution in [1.29, 1.82) is 0 Å². The number of aryl methyl sites for hydroxylation is 1. The number of fused-ring (bicyclic) bond motifs is 1. The van der Waals surface area contributed by atoms with Crippen LogP contribution in [0.15, 0.2) is 59.9 Å². The lowest BCUT2D eigenvalue weighted by Gasteiger charge is -2.07. The van der Waals surface area contributed by atoms with E-state index in [0.717, 1.165) is 40.1 Å². The molecule has 4 rings (SSSR count). The van der Waals surface area contributed by atoms with Gasteiger partial charge in [-0.05, 0) is 43.3 Å². The summed E-state index contributed by atoms with van der Waals surface area (Å²) in [6.07, 6.45) is 2.09. The van der Waals surface area contributed by atoms with Gasteiger partial charge in [0.15, 0.2) is 5.16 Å². The first-order chi connectivity index (χ1) is 12.7. The summed E-state index contributed by atoms with van der Waals surface area (Å²) in [6.45, 7) is 3.56. The smallest absolute Gasteiger partial charge is 0.255 e. The summed E-state index contributed by atoms with van der Waals surface area (Å²) in [7, 11) is 0. The van der Waals surface area contributed by atoms with Gasteiger partial charge in [-0.15, -0.1) is 0 Å². The Morgan fingerprint density at radius 3 is 2.65 bits per heavy atom. The number of ether oxygens (including phenoxy) is 1. The number of amides is 1. The minimum atomic E-state index is -0.141. The number of thioether (sulfide) groups is 1. The van der Waals surface area contributed by atoms with Crippen molar-refractivity contribution < 1.29 is 9.53 Å². The molecular weight excluding hydrogens is 346 g/mol. The lowest BCUT2D eigenvalue weighted by atomic mass is 10.1. The maximum atomic E-state index is 12.4. The summed E-state index contributed by atoms with van der Waals surface area (Å²) in [5.41, 5.74) is 3.37. The molecule has 1 aliphatic heterocycles. The predicted molar refractivity (Wildman–Crippen MR) is 104 cm³/mol. The summed E-state index contributed by atoms with van der Waals surface area (Å²) in [5.74, 6) is 1.72. The Hall–Kier alpha value is -2.73. The number of hydrogen-bond donors (Lipinski definition) is 1. The van der Waals surface area contributed by atoms with Crippen LogP contribution in [-0.4, -0.2) is 27.8 Å². The fourth-order valence-electron chi connectivity index (χ4n) is 2.85. The van der Waals surface area contributed by atoms with Crippen LogP contribution < -0.4 is 10.1 Å². The van der Waals surface area contributed by atoms with Gasteiger partial charge in [-0.25, -0.2) is 4.98 Å². The summed E-state index contributed by atoms with van der Waals surface area (Å²) in [5, 5.41) is 3.99. The fraction of sp³-hybridized carbons (Fsp3) is 0.200. The van der Waals surface area contributed by atoms with E-state index in [4.69, 9.17) is 4.74 Å². The summed E-state index contributed by atoms with van der Waals surface area (Å²) in [4.78, 5) is 17.0. The molecule has 6 heteroatoms. The van der Waals surface area contributed by atoms with Crippen molar-refractivity contribution >= 4 is 23.4 Å². The zero-order valence-electron chi connectivity index (χ0n) is 14.4. The molecule has 26 heavy (non-hydrogen) atoms. The number of benzene rings is 2. The molecule has 2 heterocycles. The average molecular weight is 365 g/mol. The summed E-state index contributed by atoms with van der Waals surface area (Å²) in [6, 6.07) is 14.9. The Labute approximate surface area is 156 Å². The summed E-state index contributed by atoms with van der Waals surface area (Å²) < 4.78 is 7.58. The summed E-state index contributed by atoms with van der Waals surface area (Å²) >= 11 is 1.78. The van der Waals surface area contributed by atoms with E-state index in [9.17, 15) is 4.79 Å². The predicted octanol–water partition coefficient (Wildman–Crippen LogP) is 4.31. The minimum absolute atomic E-state index is 0.141. The number of aromatic nitrogens is 2. The molecule has 1 aromatic heterocycles. The highest BCUT2D eigenvalue weighted by Gasteiger charge is 2.15. The van der Waals surface area contributed by atoms with Crippen LogP contribution in [0.3, 0.4) is 0 Å². The van der Waals surface area contributed by atoms with Gasteiger partial charge in [0.05, 0.1) is 12.3 Å². The maximum Gasteiger partial charge on any atom is 0.255 e. The standard InChI is InChI=1S/C20H19N3O2S/c1-2-25-17-9-5-15(6-10-17)19(24)21-16-7-3-14(4-8-16)18-13-23-11-12-26-20(23)22-18/h3-10,13H,2,11-12H2,1H3,(H,21,24). The van der Waals surface area contributed by atoms with Crippen LogP contribution in [0.1, 0.15) is 17.3 Å². The van der Waals surface area contributed by atoms with Crippen molar-refractivity contribution in [3.8, 4) is 17.0 Å². The third-order valence-corrected chi connectivity index (χ3v) is 5.14. The van der Waals surface area contributed by atoms with E-state index in [-0.39, 0.29) is 5.91 Å². The molecule has 0 aliphatic carbocycles. The normalized spacial score (nSPS) is 12.7. The number of carbonyl (C=O) groups is 1. The second kappa shape index (κ2) is 7.25. The number of imidazole rings is 1. The molecule has 0 spiro atoms. The van der Waals surface area contributed by atoms with E-state index in [1.54, 1.807) is 36.0 Å². The van der Waals surface area contributed by atoms with Crippen LogP contribution in [0.25, 0.3) is 11.3 Å². The second-order valence-corrected chi connectivity index (χ2v) is 7.00. The highest BCUT2D eigenvalue weighted by atomic mass is 32.2. The first-order valence-corrected chi connectivity index (χ1v) is 9.56. The van der Waals surface area contributed by atoms with E-state index >= 15 is 0 Å². The van der Waals surface area contributed by atoms with Gasteiger partial charge in [0, 0.05) is 35.3 Å². The van der Waals surface area contributed by atoms with E-state index in [1.165, 1.54) is 0 Å². The zero-order chi connectivity index (χ0) is 17.9. The second-order valence-electron chi connectivity index (χ2n) is 5.94. The third kappa shape index (κ3) is 3.46. The molecular formula is C20H19N3O2S. The van der Waals surface area contributed by atoms with Crippen LogP contribution in [0.2, 0.25) is 0 Å². The number of nitrogens with one attached hydrogen (secondary N) is 1. The Morgan fingerprint density at radius 2 is 1.96 bits per heavy atom. The van der Waals surface area contributed by atoms with Crippen LogP contribution >= 0.6 is 11.8 Å². The Kier molecular flexibility index (Phi) is 4.67. The lowest BCUT2D eigenvalue weighted by molar-refractivity contribution is 0.102. The number of rotatable bonds is 5. The fourth-order valence-corrected chi connectivity index (χ4v) is 3.79. The highest BCUT2D eigenvalue weighted by molar-refractivity contribution is 7.99. The number of anilines is 1. The molecule has 0 atom stereocenters. The van der Waals surface area contributed by atoms with Crippen LogP contribution in [-0.2, 0) is 6.54 Å². The van der Waals surface area contributed by atoms with Crippen molar-refractivity contribution in [3.63, 3.8) is 0 Å². The van der Waals surface area contributed by atoms with Gasteiger partial charge in [0.1, 0.15) is 5.75 Å². The van der Waals surface area contributed by atoms with Crippen LogP contribution in [0, 0.1) is 0 Å². The zero-order valence-corrected chi connectivity index (χ0v) is 15.3. The molecule has 0 radical (unpaired) electrons. The SMILES string of the molecule is CCOc1ccc(C(=O)Nc2ccc(-c3cn4c(n3)SCC4)cc2)cc1. The molecule has 1 amide bonds. The van der Waals surface area contributed by atoms with Crippen molar-refractivity contribution in [2.45, 2.75) is 18.6 Å². The van der Waals surface area contributed by atoms with E-state index in [1.807, 2.05) is 31.2 Å². The van der Waals surface area contributed by atoms with Crippen LogP contribution in [0.5, 0.6) is 5.75 Å². The molecule has 2 aromatic carbocycles. The number of hydrogen-bond acceptors (Lipinski definition) is 4. The molecule has 1 N–H and O–H groups in total. The quantitative estimate of drug-likeness (QED) is 0.732. The third-order valence-electron chi connectivity index (χ3n) is 4.17. The number of nitrogens with zero attached hydrogens (tertiary/aromatic N) is 2. The van der Waals surface area contributed by atoms with Gasteiger partial charge in [0.2, 0.25) is 0 Å². The van der Waals surface area contributed by atoms with Crippen molar-refractivity contribution in [2.75, 3.05) is 17.7 Å². The molecule has 1 aliphatic rings. The Balaban J connectivity index is 1.44. The molecule has 132 valence electrons. The highest BCUT2D eigenvalue weighted by Crippen LogP contribution is 2.29. The molecule has 3 aromatic rings. The minimum Gasteiger partial charge on any atom is -0.494 e. The van der Waals surface area contributed by atoms with Gasteiger partial charge in [-0.2, -0.15) is 0 Å². The van der Waals surface area contributed by atoms with E-state index < -0.39 is 0 Å². The average Bonchev–Trinajstić information content (AvgIpc) is 3.25. The first kappa shape index (κ1) is 16.7. The molecule has 0 saturated carbocycles. The van der Waals surface area contributed by atoms with Gasteiger partial charge in [-0.3, -0.25) is 4.79 Å². The Bertz CT molecular complexity index is 896. The van der Waals surface area contributed by atoms with Crippen molar-refractivity contribution in [2.24, 2.45) is 0 Å². The molecule has 0 bridgehead atoms.